The molecule has 0 saturated carbocycles. The molecule has 7 rings (SSSR count). The van der Waals surface area contributed by atoms with Crippen LogP contribution in [0, 0.1) is 5.82 Å². The number of hydrogen-bond donors (Lipinski definition) is 1. The van der Waals surface area contributed by atoms with Crippen LogP contribution in [-0.4, -0.2) is 29.0 Å². The van der Waals surface area contributed by atoms with Crippen LogP contribution in [0.25, 0.3) is 0 Å². The lowest BCUT2D eigenvalue weighted by Gasteiger charge is -2.31. The number of halogens is 1. The molecule has 1 unspecified atom stereocenters. The molecule has 1 N–H and O–H groups in total. The van der Waals surface area contributed by atoms with Crippen molar-refractivity contribution in [2.24, 2.45) is 0 Å². The Morgan fingerprint density at radius 2 is 1.77 bits per heavy atom. The zero-order valence-electron chi connectivity index (χ0n) is 23.7. The third kappa shape index (κ3) is 5.20. The molecule has 0 radical (unpaired) electrons. The molecule has 0 fully saturated rings. The van der Waals surface area contributed by atoms with E-state index in [1.54, 1.807) is 24.3 Å². The van der Waals surface area contributed by atoms with Gasteiger partial charge in [0.15, 0.2) is 5.78 Å². The summed E-state index contributed by atoms with van der Waals surface area (Å²) >= 11 is 0. The summed E-state index contributed by atoms with van der Waals surface area (Å²) in [6.07, 6.45) is 3.26. The zero-order chi connectivity index (χ0) is 29.5. The fourth-order valence-electron chi connectivity index (χ4n) is 6.65. The SMILES string of the molecule is O=C1c2ccccc2COc2ccc(CC(=O)N3CCc4c(cccc4C(=O)NC4CCCc5cc(F)ccc54)C3)cc21. The van der Waals surface area contributed by atoms with Crippen molar-refractivity contribution in [3.05, 3.63) is 135 Å². The molecular weight excluding hydrogens is 543 g/mol. The molecular formula is C36H31FN2O4. The molecule has 1 aliphatic carbocycles. The highest BCUT2D eigenvalue weighted by Gasteiger charge is 2.28. The van der Waals surface area contributed by atoms with Crippen LogP contribution in [0.5, 0.6) is 5.75 Å². The first-order chi connectivity index (χ1) is 20.9. The van der Waals surface area contributed by atoms with Crippen LogP contribution in [0.1, 0.15) is 78.5 Å². The largest absolute Gasteiger partial charge is 0.488 e. The molecule has 216 valence electrons. The number of rotatable bonds is 4. The minimum absolute atomic E-state index is 0.0334. The number of fused-ring (bicyclic) bond motifs is 4. The quantitative estimate of drug-likeness (QED) is 0.330. The van der Waals surface area contributed by atoms with Crippen molar-refractivity contribution in [3.8, 4) is 5.75 Å². The van der Waals surface area contributed by atoms with Crippen molar-refractivity contribution < 1.29 is 23.5 Å². The molecule has 4 aromatic rings. The summed E-state index contributed by atoms with van der Waals surface area (Å²) < 4.78 is 19.7. The molecule has 4 aromatic carbocycles. The van der Waals surface area contributed by atoms with Crippen molar-refractivity contribution in [3.63, 3.8) is 0 Å². The third-order valence-electron chi connectivity index (χ3n) is 8.88. The Balaban J connectivity index is 1.05. The van der Waals surface area contributed by atoms with Crippen LogP contribution in [0.3, 0.4) is 0 Å². The second-order valence-corrected chi connectivity index (χ2v) is 11.6. The first-order valence-corrected chi connectivity index (χ1v) is 14.8. The molecule has 0 aromatic heterocycles. The summed E-state index contributed by atoms with van der Waals surface area (Å²) in [5.41, 5.74) is 7.19. The number of amides is 2. The Morgan fingerprint density at radius 3 is 2.67 bits per heavy atom. The lowest BCUT2D eigenvalue weighted by Crippen LogP contribution is -2.38. The fraction of sp³-hybridized carbons (Fsp3) is 0.250. The molecule has 0 spiro atoms. The molecule has 43 heavy (non-hydrogen) atoms. The summed E-state index contributed by atoms with van der Waals surface area (Å²) in [4.78, 5) is 42.0. The number of carbonyl (C=O) groups excluding carboxylic acids is 3. The maximum atomic E-state index is 13.8. The lowest BCUT2D eigenvalue weighted by molar-refractivity contribution is -0.131. The normalized spacial score (nSPS) is 17.0. The lowest BCUT2D eigenvalue weighted by atomic mass is 9.87. The van der Waals surface area contributed by atoms with E-state index in [1.807, 2.05) is 53.4 Å². The summed E-state index contributed by atoms with van der Waals surface area (Å²) in [6.45, 7) is 1.25. The van der Waals surface area contributed by atoms with Gasteiger partial charge in [-0.1, -0.05) is 48.5 Å². The number of benzene rings is 4. The Hall–Kier alpha value is -4.78. The van der Waals surface area contributed by atoms with Gasteiger partial charge in [-0.2, -0.15) is 0 Å². The number of nitrogens with one attached hydrogen (secondary N) is 1. The van der Waals surface area contributed by atoms with E-state index >= 15 is 0 Å². The number of nitrogens with zero attached hydrogens (tertiary/aromatic N) is 1. The van der Waals surface area contributed by atoms with E-state index in [9.17, 15) is 18.8 Å². The van der Waals surface area contributed by atoms with Gasteiger partial charge in [0.05, 0.1) is 18.0 Å². The van der Waals surface area contributed by atoms with Gasteiger partial charge in [-0.05, 0) is 83.8 Å². The Labute approximate surface area is 249 Å². The van der Waals surface area contributed by atoms with Gasteiger partial charge in [0, 0.05) is 29.8 Å². The van der Waals surface area contributed by atoms with Gasteiger partial charge in [-0.15, -0.1) is 0 Å². The molecule has 0 bridgehead atoms. The first-order valence-electron chi connectivity index (χ1n) is 14.8. The van der Waals surface area contributed by atoms with Crippen LogP contribution in [0.15, 0.2) is 78.9 Å². The fourth-order valence-corrected chi connectivity index (χ4v) is 6.65. The van der Waals surface area contributed by atoms with Crippen LogP contribution < -0.4 is 10.1 Å². The number of carbonyl (C=O) groups is 3. The van der Waals surface area contributed by atoms with E-state index in [0.29, 0.717) is 48.6 Å². The second-order valence-electron chi connectivity index (χ2n) is 11.6. The summed E-state index contributed by atoms with van der Waals surface area (Å²) in [5.74, 6) is 0.00130. The van der Waals surface area contributed by atoms with E-state index in [0.717, 1.165) is 52.6 Å². The van der Waals surface area contributed by atoms with Crippen molar-refractivity contribution >= 4 is 17.6 Å². The van der Waals surface area contributed by atoms with Crippen LogP contribution >= 0.6 is 0 Å². The number of hydrogen-bond acceptors (Lipinski definition) is 4. The van der Waals surface area contributed by atoms with E-state index in [1.165, 1.54) is 6.07 Å². The van der Waals surface area contributed by atoms with Crippen molar-refractivity contribution in [1.29, 1.82) is 0 Å². The summed E-state index contributed by atoms with van der Waals surface area (Å²) in [6, 6.07) is 23.2. The smallest absolute Gasteiger partial charge is 0.252 e. The monoisotopic (exact) mass is 574 g/mol. The van der Waals surface area contributed by atoms with E-state index in [-0.39, 0.29) is 35.9 Å². The topological polar surface area (TPSA) is 75.7 Å². The Morgan fingerprint density at radius 1 is 0.907 bits per heavy atom. The molecule has 2 aliphatic heterocycles. The highest BCUT2D eigenvalue weighted by Crippen LogP contribution is 2.32. The van der Waals surface area contributed by atoms with E-state index in [4.69, 9.17) is 4.74 Å². The van der Waals surface area contributed by atoms with Gasteiger partial charge in [0.2, 0.25) is 5.91 Å². The van der Waals surface area contributed by atoms with Gasteiger partial charge in [0.25, 0.3) is 5.91 Å². The number of ether oxygens (including phenoxy) is 1. The van der Waals surface area contributed by atoms with Gasteiger partial charge in [-0.3, -0.25) is 14.4 Å². The van der Waals surface area contributed by atoms with Gasteiger partial charge >= 0.3 is 0 Å². The molecule has 6 nitrogen and oxygen atoms in total. The minimum Gasteiger partial charge on any atom is -0.488 e. The van der Waals surface area contributed by atoms with Gasteiger partial charge < -0.3 is 15.0 Å². The number of ketones is 1. The average molecular weight is 575 g/mol. The number of aryl methyl sites for hydroxylation is 1. The van der Waals surface area contributed by atoms with E-state index in [2.05, 4.69) is 5.32 Å². The van der Waals surface area contributed by atoms with Crippen molar-refractivity contribution in [1.82, 2.24) is 10.2 Å². The van der Waals surface area contributed by atoms with Crippen LogP contribution in [0.2, 0.25) is 0 Å². The van der Waals surface area contributed by atoms with Crippen LogP contribution in [-0.2, 0) is 37.2 Å². The molecule has 1 atom stereocenters. The predicted molar refractivity (Wildman–Crippen MR) is 159 cm³/mol. The predicted octanol–water partition coefficient (Wildman–Crippen LogP) is 5.88. The molecule has 2 amide bonds. The van der Waals surface area contributed by atoms with Crippen molar-refractivity contribution in [2.45, 2.75) is 51.3 Å². The molecule has 2 heterocycles. The van der Waals surface area contributed by atoms with Crippen molar-refractivity contribution in [2.75, 3.05) is 6.54 Å². The van der Waals surface area contributed by atoms with Crippen LogP contribution in [0.4, 0.5) is 4.39 Å². The maximum absolute atomic E-state index is 13.8. The zero-order valence-corrected chi connectivity index (χ0v) is 23.7. The highest BCUT2D eigenvalue weighted by atomic mass is 19.1. The molecule has 7 heteroatoms. The first kappa shape index (κ1) is 27.1. The molecule has 0 saturated heterocycles. The standard InChI is InChI=1S/C36H31FN2O4/c37-26-12-13-28-23(19-26)6-4-10-32(28)38-36(42)30-9-3-7-24-20-39(16-15-27(24)30)34(40)18-22-11-14-33-31(17-22)35(41)29-8-2-1-5-25(29)21-43-33/h1-3,5,7-9,11-14,17,19,32H,4,6,10,15-16,18,20-21H2,(H,38,42). The second kappa shape index (κ2) is 11.1. The van der Waals surface area contributed by atoms with Gasteiger partial charge in [0.1, 0.15) is 18.2 Å². The summed E-state index contributed by atoms with van der Waals surface area (Å²) in [7, 11) is 0. The minimum atomic E-state index is -0.252. The highest BCUT2D eigenvalue weighted by molar-refractivity contribution is 6.12. The molecule has 3 aliphatic rings. The average Bonchev–Trinajstić information content (AvgIpc) is 3.16. The van der Waals surface area contributed by atoms with E-state index < -0.39 is 0 Å². The summed E-state index contributed by atoms with van der Waals surface area (Å²) in [5, 5.41) is 3.19. The maximum Gasteiger partial charge on any atom is 0.252 e. The third-order valence-corrected chi connectivity index (χ3v) is 8.88. The van der Waals surface area contributed by atoms with Gasteiger partial charge in [-0.25, -0.2) is 4.39 Å². The Kier molecular flexibility index (Phi) is 7.01. The Bertz CT molecular complexity index is 1780.